The van der Waals surface area contributed by atoms with Crippen molar-refractivity contribution in [3.05, 3.63) is 0 Å². The molecule has 0 aliphatic carbocycles. The van der Waals surface area contributed by atoms with E-state index in [1.54, 1.807) is 0 Å². The van der Waals surface area contributed by atoms with Gasteiger partial charge < -0.3 is 118 Å². The van der Waals surface area contributed by atoms with Crippen LogP contribution in [-0.2, 0) is 52.7 Å². The highest BCUT2D eigenvalue weighted by Gasteiger charge is 2.37. The lowest BCUT2D eigenvalue weighted by Gasteiger charge is -2.29. The Morgan fingerprint density at radius 2 is 0.819 bits per heavy atom. The van der Waals surface area contributed by atoms with E-state index in [0.717, 1.165) is 6.92 Å². The number of carboxylic acid groups (broad SMARTS) is 1. The molecule has 0 heterocycles. The topological polar surface area (TPSA) is 587 Å². The first-order valence-electron chi connectivity index (χ1n) is 27.2. The van der Waals surface area contributed by atoms with Gasteiger partial charge in [-0.2, -0.15) is 0 Å². The van der Waals surface area contributed by atoms with E-state index in [1.807, 2.05) is 21.1 Å². The first kappa shape index (κ1) is 75.5. The zero-order chi connectivity index (χ0) is 63.7. The standard InChI is InChI=1S/C49H93N19O15/c1-25(51)38(73)60-32(17-13-22-58-49(55)56)43(78)67-37(28(4)71)46(81)64-30(15-9-11-23-68(5,6)7)40(75)63-33(18-19-35(52)72)44(79)66-36(27(3)70)45(80)59-26(2)39(74)61-31(16-12-21-57-48(53)54)41(76)62-29(14-8-10-20-50)42(77)65-34(24-69)47(82)83/h25-34,36-37,69-71H,8-24,50-51H2,1-7H3,(H19-,52,53,54,55,56,57,58,59,60,61,62,63,64,65,66,67,72,73,74,75,76,77,78,79,80,81,82,83)/t25-,26-,27+,28+,29-,30-,31-,32-,33-,34-,36-,37-/m0/s1. The number of rotatable bonds is 42. The zero-order valence-electron chi connectivity index (χ0n) is 48.6. The van der Waals surface area contributed by atoms with E-state index in [4.69, 9.17) is 40.1 Å². The summed E-state index contributed by atoms with van der Waals surface area (Å²) in [5.41, 5.74) is 38.4. The average molecular weight is 1190 g/mol. The van der Waals surface area contributed by atoms with Crippen LogP contribution in [0.5, 0.6) is 0 Å². The Morgan fingerprint density at radius 1 is 0.470 bits per heavy atom. The summed E-state index contributed by atoms with van der Waals surface area (Å²) in [6, 6.07) is -15.3. The number of carbonyl (C=O) groups excluding carboxylic acids is 11. The number of aliphatic hydroxyl groups is 3. The lowest BCUT2D eigenvalue weighted by Crippen LogP contribution is -2.62. The molecule has 0 radical (unpaired) electrons. The number of aliphatic hydroxyl groups excluding tert-OH is 3. The van der Waals surface area contributed by atoms with Crippen molar-refractivity contribution in [1.29, 1.82) is 0 Å². The second-order valence-corrected chi connectivity index (χ2v) is 21.0. The third kappa shape index (κ3) is 32.0. The maximum Gasteiger partial charge on any atom is 0.245 e. The number of hydrogen-bond donors (Lipinski definition) is 19. The fourth-order valence-corrected chi connectivity index (χ4v) is 7.61. The van der Waals surface area contributed by atoms with Crippen LogP contribution in [0.2, 0.25) is 0 Å². The fraction of sp³-hybridized carbons (Fsp3) is 0.735. The summed E-state index contributed by atoms with van der Waals surface area (Å²) in [6.07, 6.45) is -2.82. The van der Waals surface area contributed by atoms with Gasteiger partial charge in [0.1, 0.15) is 48.3 Å². The highest BCUT2D eigenvalue weighted by molar-refractivity contribution is 5.99. The molecule has 0 aliphatic rings. The van der Waals surface area contributed by atoms with Gasteiger partial charge in [0.25, 0.3) is 0 Å². The zero-order valence-corrected chi connectivity index (χ0v) is 48.6. The van der Waals surface area contributed by atoms with Crippen LogP contribution in [0.15, 0.2) is 9.98 Å². The molecule has 10 amide bonds. The summed E-state index contributed by atoms with van der Waals surface area (Å²) >= 11 is 0. The Morgan fingerprint density at radius 3 is 1.18 bits per heavy atom. The van der Waals surface area contributed by atoms with E-state index in [-0.39, 0.29) is 76.5 Å². The molecule has 0 saturated heterocycles. The molecule has 0 aliphatic heterocycles. The molecule has 34 nitrogen and oxygen atoms in total. The van der Waals surface area contributed by atoms with Gasteiger partial charge in [0.2, 0.25) is 59.1 Å². The van der Waals surface area contributed by atoms with Crippen molar-refractivity contribution >= 4 is 77.0 Å². The van der Waals surface area contributed by atoms with Crippen molar-refractivity contribution in [1.82, 2.24) is 47.9 Å². The van der Waals surface area contributed by atoms with Crippen LogP contribution < -0.4 is 93.1 Å². The van der Waals surface area contributed by atoms with Crippen LogP contribution in [0.1, 0.15) is 105 Å². The molecule has 26 N–H and O–H groups in total. The van der Waals surface area contributed by atoms with Gasteiger partial charge in [-0.3, -0.25) is 57.9 Å². The predicted molar refractivity (Wildman–Crippen MR) is 300 cm³/mol. The molecule has 474 valence electrons. The molecule has 0 bridgehead atoms. The largest absolute Gasteiger partial charge is 0.548 e. The van der Waals surface area contributed by atoms with Crippen LogP contribution >= 0.6 is 0 Å². The number of aliphatic carboxylic acids is 1. The fourth-order valence-electron chi connectivity index (χ4n) is 7.61. The van der Waals surface area contributed by atoms with Gasteiger partial charge >= 0.3 is 0 Å². The lowest BCUT2D eigenvalue weighted by atomic mass is 10.0. The van der Waals surface area contributed by atoms with Gasteiger partial charge in [0.05, 0.1) is 64.6 Å². The Bertz CT molecular complexity index is 2200. The Hall–Kier alpha value is -7.53. The lowest BCUT2D eigenvalue weighted by molar-refractivity contribution is -0.870. The number of nitrogens with zero attached hydrogens (tertiary/aromatic N) is 3. The molecule has 0 aromatic rings. The van der Waals surface area contributed by atoms with E-state index in [1.165, 1.54) is 20.8 Å². The Kier molecular flexibility index (Phi) is 35.5. The number of hydrogen-bond acceptors (Lipinski definition) is 19. The number of guanidine groups is 2. The Balaban J connectivity index is 6.80. The number of nitrogens with one attached hydrogen (secondary N) is 9. The molecule has 0 spiro atoms. The highest BCUT2D eigenvalue weighted by Crippen LogP contribution is 2.11. The minimum Gasteiger partial charge on any atom is -0.548 e. The summed E-state index contributed by atoms with van der Waals surface area (Å²) in [6.45, 7) is 4.72. The molecule has 0 aromatic heterocycles. The summed E-state index contributed by atoms with van der Waals surface area (Å²) in [5.74, 6) is -12.1. The third-order valence-electron chi connectivity index (χ3n) is 12.3. The maximum absolute atomic E-state index is 14.2. The number of primary amides is 1. The number of carbonyl (C=O) groups is 11. The second kappa shape index (κ2) is 39.0. The van der Waals surface area contributed by atoms with E-state index in [2.05, 4.69) is 57.8 Å². The van der Waals surface area contributed by atoms with Crippen LogP contribution in [0.4, 0.5) is 0 Å². The van der Waals surface area contributed by atoms with Gasteiger partial charge in [-0.1, -0.05) is 0 Å². The monoisotopic (exact) mass is 1190 g/mol. The number of aliphatic imine (C=N–C) groups is 2. The van der Waals surface area contributed by atoms with Crippen molar-refractivity contribution in [3.63, 3.8) is 0 Å². The Labute approximate surface area is 482 Å². The maximum atomic E-state index is 14.2. The van der Waals surface area contributed by atoms with E-state index in [0.29, 0.717) is 30.3 Å². The molecule has 0 rings (SSSR count). The van der Waals surface area contributed by atoms with Gasteiger partial charge in [-0.05, 0) is 105 Å². The minimum absolute atomic E-state index is 0.0193. The number of nitrogens with two attached hydrogens (primary N) is 7. The minimum atomic E-state index is -1.87. The van der Waals surface area contributed by atoms with E-state index >= 15 is 0 Å². The molecule has 0 unspecified atom stereocenters. The highest BCUT2D eigenvalue weighted by atomic mass is 16.4. The molecule has 0 aromatic carbocycles. The van der Waals surface area contributed by atoms with Crippen molar-refractivity contribution in [3.8, 4) is 0 Å². The molecule has 34 heteroatoms. The van der Waals surface area contributed by atoms with Crippen LogP contribution in [-0.4, -0.2) is 223 Å². The van der Waals surface area contributed by atoms with Crippen LogP contribution in [0, 0.1) is 0 Å². The summed E-state index contributed by atoms with van der Waals surface area (Å²) in [7, 11) is 5.79. The number of amides is 10. The average Bonchev–Trinajstić information content (AvgIpc) is 3.46. The molecular weight excluding hydrogens is 1090 g/mol. The molecule has 0 fully saturated rings. The summed E-state index contributed by atoms with van der Waals surface area (Å²) in [5, 5.41) is 63.9. The molecular formula is C49H93N19O15. The predicted octanol–water partition coefficient (Wildman–Crippen LogP) is -10.4. The van der Waals surface area contributed by atoms with Gasteiger partial charge in [-0.25, -0.2) is 0 Å². The second-order valence-electron chi connectivity index (χ2n) is 21.0. The number of unbranched alkanes of at least 4 members (excludes halogenated alkanes) is 2. The van der Waals surface area contributed by atoms with E-state index in [9.17, 15) is 73.2 Å². The third-order valence-corrected chi connectivity index (χ3v) is 12.3. The van der Waals surface area contributed by atoms with Gasteiger partial charge in [-0.15, -0.1) is 0 Å². The normalized spacial score (nSPS) is 15.6. The van der Waals surface area contributed by atoms with E-state index < -0.39 is 157 Å². The van der Waals surface area contributed by atoms with Crippen molar-refractivity contribution in [2.75, 3.05) is 53.9 Å². The number of quaternary nitrogens is 1. The van der Waals surface area contributed by atoms with Crippen LogP contribution in [0.25, 0.3) is 0 Å². The van der Waals surface area contributed by atoms with Gasteiger partial charge in [0, 0.05) is 19.5 Å². The first-order chi connectivity index (χ1) is 38.6. The van der Waals surface area contributed by atoms with Crippen molar-refractivity contribution in [2.24, 2.45) is 50.1 Å². The number of carboxylic acids is 1. The van der Waals surface area contributed by atoms with Gasteiger partial charge in [0.15, 0.2) is 11.9 Å². The SMILES string of the molecule is C[C@H](N)C(=O)N[C@@H](CCCN=C(N)N)C(=O)N[C@H](C(=O)N[C@@H](CCCC[N+](C)(C)C)C(=O)N[C@@H](CCC(N)=O)C(=O)N[C@H](C(=O)N[C@@H](C)C(=O)N[C@@H](CCCN=C(N)N)C(=O)N[C@@H](CCCCN)C(=O)N[C@@H](CO)C(=O)[O-])[C@@H](C)O)[C@@H](C)O. The smallest absolute Gasteiger partial charge is 0.245 e. The van der Waals surface area contributed by atoms with Crippen molar-refractivity contribution < 1.29 is 77.6 Å². The van der Waals surface area contributed by atoms with Crippen LogP contribution in [0.3, 0.4) is 0 Å². The van der Waals surface area contributed by atoms with Crippen molar-refractivity contribution in [2.45, 2.75) is 177 Å². The summed E-state index contributed by atoms with van der Waals surface area (Å²) in [4.78, 5) is 154. The first-order valence-corrected chi connectivity index (χ1v) is 27.2. The molecule has 12 atom stereocenters. The summed E-state index contributed by atoms with van der Waals surface area (Å²) < 4.78 is 0.533. The molecule has 0 saturated carbocycles. The molecule has 83 heavy (non-hydrogen) atoms. The quantitative estimate of drug-likeness (QED) is 0.0117.